The molecule has 0 bridgehead atoms. The summed E-state index contributed by atoms with van der Waals surface area (Å²) < 4.78 is 36.0. The number of nitrogens with zero attached hydrogens (tertiary/aromatic N) is 4. The van der Waals surface area contributed by atoms with Crippen molar-refractivity contribution in [2.24, 2.45) is 0 Å². The topological polar surface area (TPSA) is 71.1 Å². The van der Waals surface area contributed by atoms with Crippen LogP contribution in [-0.4, -0.2) is 40.6 Å². The average molecular weight is 408 g/mol. The van der Waals surface area contributed by atoms with E-state index < -0.39 is 17.7 Å². The van der Waals surface area contributed by atoms with E-state index in [-0.39, 0.29) is 22.6 Å². The van der Waals surface area contributed by atoms with E-state index in [2.05, 4.69) is 4.98 Å². The Balaban J connectivity index is 1.88. The maximum absolute atomic E-state index is 15.5. The van der Waals surface area contributed by atoms with Gasteiger partial charge in [-0.2, -0.15) is 9.65 Å². The molecule has 0 atom stereocenters. The molecule has 1 fully saturated rings. The molecule has 4 rings (SSSR count). The van der Waals surface area contributed by atoms with Gasteiger partial charge in [-0.05, 0) is 55.3 Å². The van der Waals surface area contributed by atoms with Gasteiger partial charge in [-0.15, -0.1) is 0 Å². The Hall–Kier alpha value is -3.73. The number of rotatable bonds is 4. The molecule has 0 saturated carbocycles. The van der Waals surface area contributed by atoms with Crippen LogP contribution in [0.1, 0.15) is 28.9 Å². The Morgan fingerprint density at radius 3 is 2.43 bits per heavy atom. The third kappa shape index (κ3) is 3.39. The molecule has 8 heteroatoms. The summed E-state index contributed by atoms with van der Waals surface area (Å²) >= 11 is 0. The van der Waals surface area contributed by atoms with Crippen molar-refractivity contribution in [2.75, 3.05) is 20.2 Å². The van der Waals surface area contributed by atoms with Crippen LogP contribution in [0.3, 0.4) is 0 Å². The molecule has 1 aliphatic rings. The molecule has 6 nitrogen and oxygen atoms in total. The van der Waals surface area contributed by atoms with E-state index in [9.17, 15) is 9.18 Å². The number of imidazole rings is 1. The van der Waals surface area contributed by atoms with Gasteiger partial charge in [0.05, 0.1) is 18.4 Å². The lowest BCUT2D eigenvalue weighted by molar-refractivity contribution is 0.0782. The second-order valence-corrected chi connectivity index (χ2v) is 6.91. The van der Waals surface area contributed by atoms with Crippen LogP contribution in [0, 0.1) is 23.1 Å². The highest BCUT2D eigenvalue weighted by atomic mass is 19.1. The fourth-order valence-electron chi connectivity index (χ4n) is 3.51. The number of carbonyl (C=O) groups is 1. The van der Waals surface area contributed by atoms with Gasteiger partial charge in [0.25, 0.3) is 5.91 Å². The largest absolute Gasteiger partial charge is 0.497 e. The number of carbonyl (C=O) groups excluding carboxylic acids is 1. The van der Waals surface area contributed by atoms with E-state index in [1.807, 2.05) is 0 Å². The minimum absolute atomic E-state index is 0.0728. The Bertz CT molecular complexity index is 1140. The monoisotopic (exact) mass is 408 g/mol. The van der Waals surface area contributed by atoms with Crippen LogP contribution in [0.2, 0.25) is 0 Å². The predicted octanol–water partition coefficient (Wildman–Crippen LogP) is 3.93. The predicted molar refractivity (Wildman–Crippen MR) is 105 cm³/mol. The highest BCUT2D eigenvalue weighted by Gasteiger charge is 2.29. The second kappa shape index (κ2) is 7.95. The SMILES string of the molecule is COc1ccc(-n2c(-c3ccc(C#N)c(F)c3)nc(C(=O)N3CCCC3)c2F)cc1. The Morgan fingerprint density at radius 1 is 1.13 bits per heavy atom. The van der Waals surface area contributed by atoms with Gasteiger partial charge in [0, 0.05) is 18.7 Å². The molecule has 2 heterocycles. The molecule has 3 aromatic rings. The number of benzene rings is 2. The van der Waals surface area contributed by atoms with Gasteiger partial charge in [0.1, 0.15) is 23.5 Å². The van der Waals surface area contributed by atoms with Crippen LogP contribution < -0.4 is 4.74 Å². The van der Waals surface area contributed by atoms with Gasteiger partial charge in [-0.1, -0.05) is 0 Å². The number of ether oxygens (including phenoxy) is 1. The highest BCUT2D eigenvalue weighted by molar-refractivity contribution is 5.93. The van der Waals surface area contributed by atoms with E-state index in [1.165, 1.54) is 23.8 Å². The molecule has 1 saturated heterocycles. The Morgan fingerprint density at radius 2 is 1.83 bits per heavy atom. The first-order valence-electron chi connectivity index (χ1n) is 9.45. The fourth-order valence-corrected chi connectivity index (χ4v) is 3.51. The normalized spacial score (nSPS) is 13.3. The summed E-state index contributed by atoms with van der Waals surface area (Å²) in [6.45, 7) is 1.10. The molecule has 30 heavy (non-hydrogen) atoms. The van der Waals surface area contributed by atoms with E-state index in [0.29, 0.717) is 24.5 Å². The lowest BCUT2D eigenvalue weighted by atomic mass is 10.1. The smallest absolute Gasteiger partial charge is 0.277 e. The summed E-state index contributed by atoms with van der Waals surface area (Å²) in [6, 6.07) is 12.2. The first-order valence-corrected chi connectivity index (χ1v) is 9.45. The maximum Gasteiger partial charge on any atom is 0.277 e. The summed E-state index contributed by atoms with van der Waals surface area (Å²) in [6.07, 6.45) is 1.72. The van der Waals surface area contributed by atoms with Crippen molar-refractivity contribution in [1.82, 2.24) is 14.5 Å². The number of nitriles is 1. The van der Waals surface area contributed by atoms with Crippen molar-refractivity contribution in [2.45, 2.75) is 12.8 Å². The van der Waals surface area contributed by atoms with E-state index >= 15 is 4.39 Å². The zero-order chi connectivity index (χ0) is 21.3. The quantitative estimate of drug-likeness (QED) is 0.656. The third-order valence-corrected chi connectivity index (χ3v) is 5.10. The van der Waals surface area contributed by atoms with Crippen molar-refractivity contribution in [3.63, 3.8) is 0 Å². The van der Waals surface area contributed by atoms with Crippen LogP contribution in [0.25, 0.3) is 17.1 Å². The summed E-state index contributed by atoms with van der Waals surface area (Å²) in [5.74, 6) is -1.40. The van der Waals surface area contributed by atoms with Crippen molar-refractivity contribution < 1.29 is 18.3 Å². The summed E-state index contributed by atoms with van der Waals surface area (Å²) in [7, 11) is 1.52. The van der Waals surface area contributed by atoms with Crippen molar-refractivity contribution in [3.05, 3.63) is 65.5 Å². The minimum atomic E-state index is -0.822. The number of aromatic nitrogens is 2. The number of halogens is 2. The Labute approximate surface area is 171 Å². The Kier molecular flexibility index (Phi) is 5.19. The molecule has 0 unspecified atom stereocenters. The molecule has 1 aromatic heterocycles. The van der Waals surface area contributed by atoms with Gasteiger partial charge in [-0.25, -0.2) is 9.37 Å². The van der Waals surface area contributed by atoms with Crippen LogP contribution in [0.15, 0.2) is 42.5 Å². The van der Waals surface area contributed by atoms with Gasteiger partial charge in [0.2, 0.25) is 5.95 Å². The summed E-state index contributed by atoms with van der Waals surface area (Å²) in [5, 5.41) is 8.97. The fraction of sp³-hybridized carbons (Fsp3) is 0.227. The molecule has 152 valence electrons. The van der Waals surface area contributed by atoms with Crippen LogP contribution >= 0.6 is 0 Å². The molecule has 2 aromatic carbocycles. The molecular formula is C22H18F2N4O2. The molecular weight excluding hydrogens is 390 g/mol. The molecule has 1 amide bonds. The standard InChI is InChI=1S/C22H18F2N4O2/c1-30-17-8-6-16(7-9-17)28-20(24)19(22(29)27-10-2-3-11-27)26-21(28)14-4-5-15(13-25)18(23)12-14/h4-9,12H,2-3,10-11H2,1H3. The zero-order valence-corrected chi connectivity index (χ0v) is 16.2. The van der Waals surface area contributed by atoms with Crippen molar-refractivity contribution >= 4 is 5.91 Å². The number of hydrogen-bond acceptors (Lipinski definition) is 4. The first-order chi connectivity index (χ1) is 14.5. The lowest BCUT2D eigenvalue weighted by Gasteiger charge is -2.13. The van der Waals surface area contributed by atoms with E-state index in [4.69, 9.17) is 10.00 Å². The van der Waals surface area contributed by atoms with Crippen molar-refractivity contribution in [3.8, 4) is 28.9 Å². The lowest BCUT2D eigenvalue weighted by Crippen LogP contribution is -2.28. The van der Waals surface area contributed by atoms with Gasteiger partial charge >= 0.3 is 0 Å². The third-order valence-electron chi connectivity index (χ3n) is 5.10. The van der Waals surface area contributed by atoms with Crippen LogP contribution in [0.4, 0.5) is 8.78 Å². The highest BCUT2D eigenvalue weighted by Crippen LogP contribution is 2.29. The van der Waals surface area contributed by atoms with Gasteiger partial charge in [0.15, 0.2) is 5.69 Å². The van der Waals surface area contributed by atoms with Crippen LogP contribution in [0.5, 0.6) is 5.75 Å². The molecule has 0 spiro atoms. The number of methoxy groups -OCH3 is 1. The number of amides is 1. The van der Waals surface area contributed by atoms with Gasteiger partial charge in [-0.3, -0.25) is 9.36 Å². The number of hydrogen-bond donors (Lipinski definition) is 0. The average Bonchev–Trinajstić information content (AvgIpc) is 3.42. The first kappa shape index (κ1) is 19.6. The second-order valence-electron chi connectivity index (χ2n) is 6.91. The maximum atomic E-state index is 15.5. The van der Waals surface area contributed by atoms with E-state index in [0.717, 1.165) is 18.9 Å². The van der Waals surface area contributed by atoms with Crippen LogP contribution in [-0.2, 0) is 0 Å². The van der Waals surface area contributed by atoms with Gasteiger partial charge < -0.3 is 9.64 Å². The summed E-state index contributed by atoms with van der Waals surface area (Å²) in [4.78, 5) is 18.7. The molecule has 0 aliphatic carbocycles. The molecule has 0 N–H and O–H groups in total. The molecule has 1 aliphatic heterocycles. The van der Waals surface area contributed by atoms with E-state index in [1.54, 1.807) is 35.2 Å². The summed E-state index contributed by atoms with van der Waals surface area (Å²) in [5.41, 5.74) is 0.213. The molecule has 0 radical (unpaired) electrons. The minimum Gasteiger partial charge on any atom is -0.497 e. The number of likely N-dealkylation sites (tertiary alicyclic amines) is 1. The zero-order valence-electron chi connectivity index (χ0n) is 16.2. The van der Waals surface area contributed by atoms with Crippen molar-refractivity contribution in [1.29, 1.82) is 5.26 Å².